The fourth-order valence-electron chi connectivity index (χ4n) is 1.96. The van der Waals surface area contributed by atoms with Gasteiger partial charge in [0.25, 0.3) is 0 Å². The smallest absolute Gasteiger partial charge is 0.323 e. The first kappa shape index (κ1) is 11.9. The molecule has 2 rings (SSSR count). The summed E-state index contributed by atoms with van der Waals surface area (Å²) in [4.78, 5) is 15.0. The zero-order valence-corrected chi connectivity index (χ0v) is 10.4. The molecule has 1 aliphatic carbocycles. The predicted molar refractivity (Wildman–Crippen MR) is 65.9 cm³/mol. The third kappa shape index (κ3) is 2.40. The van der Waals surface area contributed by atoms with Crippen LogP contribution in [0.1, 0.15) is 24.3 Å². The van der Waals surface area contributed by atoms with Crippen LogP contribution in [0, 0.1) is 5.82 Å². The van der Waals surface area contributed by atoms with Gasteiger partial charge in [0, 0.05) is 26.8 Å². The highest BCUT2D eigenvalue weighted by molar-refractivity contribution is 5.92. The maximum atomic E-state index is 13.2. The summed E-state index contributed by atoms with van der Waals surface area (Å²) in [5.74, 6) is 0.180. The normalized spacial score (nSPS) is 14.6. The van der Waals surface area contributed by atoms with Crippen LogP contribution in [-0.4, -0.2) is 32.1 Å². The Morgan fingerprint density at radius 3 is 2.47 bits per heavy atom. The largest absolute Gasteiger partial charge is 0.330 e. The molecule has 0 atom stereocenters. The zero-order chi connectivity index (χ0) is 12.6. The van der Waals surface area contributed by atoms with Crippen molar-refractivity contribution in [2.24, 2.45) is 0 Å². The number of hydrogen-bond donors (Lipinski definition) is 0. The first-order chi connectivity index (χ1) is 8.00. The molecule has 1 aliphatic rings. The maximum absolute atomic E-state index is 13.2. The van der Waals surface area contributed by atoms with Gasteiger partial charge in [0.15, 0.2) is 0 Å². The van der Waals surface area contributed by atoms with Crippen LogP contribution in [0.3, 0.4) is 0 Å². The number of nitrogens with zero attached hydrogens (tertiary/aromatic N) is 2. The van der Waals surface area contributed by atoms with Crippen LogP contribution in [0.2, 0.25) is 0 Å². The van der Waals surface area contributed by atoms with Crippen LogP contribution in [0.15, 0.2) is 18.2 Å². The number of anilines is 1. The van der Waals surface area contributed by atoms with Crippen molar-refractivity contribution in [1.82, 2.24) is 4.90 Å². The summed E-state index contributed by atoms with van der Waals surface area (Å²) in [5, 5.41) is 0. The average molecular weight is 236 g/mol. The molecule has 1 fully saturated rings. The summed E-state index contributed by atoms with van der Waals surface area (Å²) in [7, 11) is 5.14. The van der Waals surface area contributed by atoms with Crippen molar-refractivity contribution in [2.45, 2.75) is 18.8 Å². The van der Waals surface area contributed by atoms with Gasteiger partial charge in [-0.1, -0.05) is 0 Å². The van der Waals surface area contributed by atoms with E-state index in [0.29, 0.717) is 5.92 Å². The lowest BCUT2D eigenvalue weighted by Gasteiger charge is -2.24. The first-order valence-electron chi connectivity index (χ1n) is 5.75. The molecule has 0 aliphatic heterocycles. The molecule has 0 N–H and O–H groups in total. The third-order valence-electron chi connectivity index (χ3n) is 3.04. The highest BCUT2D eigenvalue weighted by Crippen LogP contribution is 2.44. The zero-order valence-electron chi connectivity index (χ0n) is 10.4. The molecule has 4 heteroatoms. The lowest BCUT2D eigenvalue weighted by molar-refractivity contribution is 0.225. The number of carbonyl (C=O) groups is 1. The van der Waals surface area contributed by atoms with Gasteiger partial charge in [-0.2, -0.15) is 0 Å². The van der Waals surface area contributed by atoms with Crippen molar-refractivity contribution in [3.63, 3.8) is 0 Å². The Morgan fingerprint density at radius 1 is 1.29 bits per heavy atom. The van der Waals surface area contributed by atoms with Gasteiger partial charge in [-0.25, -0.2) is 9.18 Å². The monoisotopic (exact) mass is 236 g/mol. The van der Waals surface area contributed by atoms with Gasteiger partial charge in [-0.15, -0.1) is 0 Å². The van der Waals surface area contributed by atoms with E-state index in [1.54, 1.807) is 38.2 Å². The second-order valence-electron chi connectivity index (χ2n) is 4.71. The van der Waals surface area contributed by atoms with Gasteiger partial charge in [-0.05, 0) is 42.5 Å². The van der Waals surface area contributed by atoms with E-state index >= 15 is 0 Å². The average Bonchev–Trinajstić information content (AvgIpc) is 3.10. The number of amides is 2. The minimum absolute atomic E-state index is 0.0986. The van der Waals surface area contributed by atoms with Gasteiger partial charge in [0.1, 0.15) is 5.82 Å². The van der Waals surface area contributed by atoms with Crippen molar-refractivity contribution >= 4 is 11.7 Å². The molecule has 0 aromatic heterocycles. The second kappa shape index (κ2) is 4.35. The van der Waals surface area contributed by atoms with Crippen LogP contribution in [-0.2, 0) is 0 Å². The molecule has 0 heterocycles. The third-order valence-corrected chi connectivity index (χ3v) is 3.04. The number of rotatable bonds is 2. The Balaban J connectivity index is 2.34. The molecular formula is C13H17FN2O. The lowest BCUT2D eigenvalue weighted by Crippen LogP contribution is -2.36. The van der Waals surface area contributed by atoms with Crippen LogP contribution in [0.5, 0.6) is 0 Å². The molecule has 1 saturated carbocycles. The number of carbonyl (C=O) groups excluding carboxylic acids is 1. The Hall–Kier alpha value is -1.58. The van der Waals surface area contributed by atoms with E-state index in [0.717, 1.165) is 24.1 Å². The predicted octanol–water partition coefficient (Wildman–Crippen LogP) is 2.82. The van der Waals surface area contributed by atoms with Crippen LogP contribution in [0.25, 0.3) is 0 Å². The van der Waals surface area contributed by atoms with E-state index in [1.807, 2.05) is 0 Å². The summed E-state index contributed by atoms with van der Waals surface area (Å²) in [6.45, 7) is 0. The number of benzene rings is 1. The molecule has 17 heavy (non-hydrogen) atoms. The van der Waals surface area contributed by atoms with E-state index in [-0.39, 0.29) is 11.8 Å². The molecule has 3 nitrogen and oxygen atoms in total. The molecule has 92 valence electrons. The molecule has 0 spiro atoms. The molecule has 0 unspecified atom stereocenters. The Kier molecular flexibility index (Phi) is 3.05. The van der Waals surface area contributed by atoms with Gasteiger partial charge in [0.2, 0.25) is 0 Å². The Labute approximate surface area is 101 Å². The lowest BCUT2D eigenvalue weighted by atomic mass is 10.1. The molecule has 0 bridgehead atoms. The summed E-state index contributed by atoms with van der Waals surface area (Å²) in [5.41, 5.74) is 1.76. The molecular weight excluding hydrogens is 219 g/mol. The van der Waals surface area contributed by atoms with Gasteiger partial charge in [-0.3, -0.25) is 4.90 Å². The second-order valence-corrected chi connectivity index (χ2v) is 4.71. The molecule has 2 amide bonds. The minimum atomic E-state index is -0.235. The van der Waals surface area contributed by atoms with Gasteiger partial charge in [0.05, 0.1) is 0 Å². The van der Waals surface area contributed by atoms with Crippen molar-refractivity contribution < 1.29 is 9.18 Å². The fraction of sp³-hybridized carbons (Fsp3) is 0.462. The Bertz CT molecular complexity index is 441. The number of hydrogen-bond acceptors (Lipinski definition) is 1. The summed E-state index contributed by atoms with van der Waals surface area (Å²) >= 11 is 0. The van der Waals surface area contributed by atoms with E-state index in [4.69, 9.17) is 0 Å². The van der Waals surface area contributed by atoms with E-state index in [1.165, 1.54) is 11.0 Å². The van der Waals surface area contributed by atoms with E-state index in [9.17, 15) is 9.18 Å². The molecule has 0 radical (unpaired) electrons. The summed E-state index contributed by atoms with van der Waals surface area (Å²) in [6, 6.07) is 4.54. The molecule has 0 saturated heterocycles. The quantitative estimate of drug-likeness (QED) is 0.774. The standard InChI is InChI=1S/C13H17FN2O/c1-15(2)13(17)16(3)12-7-6-10(14)8-11(12)9-4-5-9/h6-9H,4-5H2,1-3H3. The van der Waals surface area contributed by atoms with Crippen LogP contribution >= 0.6 is 0 Å². The topological polar surface area (TPSA) is 23.6 Å². The van der Waals surface area contributed by atoms with E-state index in [2.05, 4.69) is 0 Å². The highest BCUT2D eigenvalue weighted by Gasteiger charge is 2.29. The molecule has 1 aromatic rings. The molecule has 1 aromatic carbocycles. The van der Waals surface area contributed by atoms with Crippen molar-refractivity contribution in [1.29, 1.82) is 0 Å². The van der Waals surface area contributed by atoms with Crippen LogP contribution in [0.4, 0.5) is 14.9 Å². The van der Waals surface area contributed by atoms with Gasteiger partial charge < -0.3 is 4.90 Å². The SMILES string of the molecule is CN(C)C(=O)N(C)c1ccc(F)cc1C1CC1. The minimum Gasteiger partial charge on any atom is -0.330 e. The highest BCUT2D eigenvalue weighted by atomic mass is 19.1. The van der Waals surface area contributed by atoms with E-state index < -0.39 is 0 Å². The van der Waals surface area contributed by atoms with Crippen molar-refractivity contribution in [3.8, 4) is 0 Å². The fourth-order valence-corrected chi connectivity index (χ4v) is 1.96. The van der Waals surface area contributed by atoms with Gasteiger partial charge >= 0.3 is 6.03 Å². The Morgan fingerprint density at radius 2 is 1.94 bits per heavy atom. The maximum Gasteiger partial charge on any atom is 0.323 e. The number of halogens is 1. The van der Waals surface area contributed by atoms with Crippen molar-refractivity contribution in [3.05, 3.63) is 29.6 Å². The summed E-state index contributed by atoms with van der Waals surface area (Å²) < 4.78 is 13.2. The van der Waals surface area contributed by atoms with Crippen LogP contribution < -0.4 is 4.90 Å². The summed E-state index contributed by atoms with van der Waals surface area (Å²) in [6.07, 6.45) is 2.17. The number of urea groups is 1. The van der Waals surface area contributed by atoms with Crippen molar-refractivity contribution in [2.75, 3.05) is 26.0 Å². The first-order valence-corrected chi connectivity index (χ1v) is 5.75.